The lowest BCUT2D eigenvalue weighted by atomic mass is 9.97. The number of hydrogen-bond donors (Lipinski definition) is 1. The van der Waals surface area contributed by atoms with E-state index in [9.17, 15) is 9.18 Å². The van der Waals surface area contributed by atoms with Crippen LogP contribution < -0.4 is 0 Å². The van der Waals surface area contributed by atoms with Crippen LogP contribution in [-0.2, 0) is 23.7 Å². The number of esters is 1. The smallest absolute Gasteiger partial charge is 0.313 e. The molecule has 1 atom stereocenters. The van der Waals surface area contributed by atoms with Crippen LogP contribution in [0.1, 0.15) is 18.4 Å². The molecule has 6 nitrogen and oxygen atoms in total. The molecule has 0 aliphatic carbocycles. The molecule has 7 heteroatoms. The SMILES string of the molecule is CC(C(=O)OCCOCCOCCOCCO)c1ccc(-c2ccccc2)c(F)c1. The Hall–Kier alpha value is -2.32. The van der Waals surface area contributed by atoms with Crippen LogP contribution in [0, 0.1) is 5.82 Å². The molecular weight excluding hydrogens is 391 g/mol. The van der Waals surface area contributed by atoms with Gasteiger partial charge in [0.05, 0.1) is 52.2 Å². The maximum Gasteiger partial charge on any atom is 0.313 e. The zero-order valence-electron chi connectivity index (χ0n) is 17.2. The average molecular weight is 420 g/mol. The normalized spacial score (nSPS) is 12.0. The van der Waals surface area contributed by atoms with Crippen molar-refractivity contribution in [3.63, 3.8) is 0 Å². The molecule has 1 N–H and O–H groups in total. The molecule has 30 heavy (non-hydrogen) atoms. The second-order valence-corrected chi connectivity index (χ2v) is 6.56. The molecule has 2 rings (SSSR count). The van der Waals surface area contributed by atoms with E-state index in [0.29, 0.717) is 44.2 Å². The van der Waals surface area contributed by atoms with E-state index in [1.54, 1.807) is 19.1 Å². The molecule has 0 aromatic heterocycles. The van der Waals surface area contributed by atoms with E-state index in [1.807, 2.05) is 30.3 Å². The van der Waals surface area contributed by atoms with Gasteiger partial charge in [0.15, 0.2) is 0 Å². The fourth-order valence-corrected chi connectivity index (χ4v) is 2.72. The molecule has 0 spiro atoms. The Morgan fingerprint density at radius 1 is 0.900 bits per heavy atom. The van der Waals surface area contributed by atoms with Crippen LogP contribution >= 0.6 is 0 Å². The number of ether oxygens (including phenoxy) is 4. The minimum absolute atomic E-state index is 0.00557. The average Bonchev–Trinajstić information content (AvgIpc) is 2.77. The molecule has 0 fully saturated rings. The summed E-state index contributed by atoms with van der Waals surface area (Å²) in [5, 5.41) is 8.56. The fraction of sp³-hybridized carbons (Fsp3) is 0.435. The lowest BCUT2D eigenvalue weighted by Gasteiger charge is -2.13. The molecule has 0 aliphatic rings. The van der Waals surface area contributed by atoms with Gasteiger partial charge in [0.2, 0.25) is 0 Å². The first kappa shape index (κ1) is 24.0. The summed E-state index contributed by atoms with van der Waals surface area (Å²) in [5.74, 6) is -1.38. The van der Waals surface area contributed by atoms with E-state index in [2.05, 4.69) is 0 Å². The molecule has 2 aromatic rings. The molecule has 164 valence electrons. The quantitative estimate of drug-likeness (QED) is 0.374. The van der Waals surface area contributed by atoms with Gasteiger partial charge in [-0.2, -0.15) is 0 Å². The summed E-state index contributed by atoms with van der Waals surface area (Å²) in [6.07, 6.45) is 0. The fourth-order valence-electron chi connectivity index (χ4n) is 2.72. The first-order valence-electron chi connectivity index (χ1n) is 9.99. The highest BCUT2D eigenvalue weighted by atomic mass is 19.1. The number of halogens is 1. The van der Waals surface area contributed by atoms with Gasteiger partial charge in [-0.15, -0.1) is 0 Å². The monoisotopic (exact) mass is 420 g/mol. The molecule has 0 aliphatic heterocycles. The Bertz CT molecular complexity index is 753. The third-order valence-corrected chi connectivity index (χ3v) is 4.38. The van der Waals surface area contributed by atoms with Crippen LogP contribution in [0.25, 0.3) is 11.1 Å². The largest absolute Gasteiger partial charge is 0.463 e. The minimum Gasteiger partial charge on any atom is -0.463 e. The first-order valence-corrected chi connectivity index (χ1v) is 9.99. The van der Waals surface area contributed by atoms with E-state index in [1.165, 1.54) is 6.07 Å². The van der Waals surface area contributed by atoms with E-state index in [0.717, 1.165) is 5.56 Å². The van der Waals surface area contributed by atoms with Gasteiger partial charge in [0.25, 0.3) is 0 Å². The standard InChI is InChI=1S/C23H29FO6/c1-18(20-7-8-21(22(24)17-20)19-5-3-2-4-6-19)23(26)30-16-15-29-14-13-28-12-11-27-10-9-25/h2-8,17-18,25H,9-16H2,1H3. The number of aliphatic hydroxyl groups excluding tert-OH is 1. The summed E-state index contributed by atoms with van der Waals surface area (Å²) in [7, 11) is 0. The Kier molecular flexibility index (Phi) is 11.0. The number of rotatable bonds is 14. The summed E-state index contributed by atoms with van der Waals surface area (Å²) in [6.45, 7) is 3.98. The van der Waals surface area contributed by atoms with Crippen molar-refractivity contribution in [3.8, 4) is 11.1 Å². The molecule has 0 bridgehead atoms. The Morgan fingerprint density at radius 3 is 2.10 bits per heavy atom. The Morgan fingerprint density at radius 2 is 1.50 bits per heavy atom. The van der Waals surface area contributed by atoms with Gasteiger partial charge < -0.3 is 24.1 Å². The Balaban J connectivity index is 1.65. The zero-order chi connectivity index (χ0) is 21.6. The van der Waals surface area contributed by atoms with Crippen LogP contribution in [0.5, 0.6) is 0 Å². The predicted molar refractivity (Wildman–Crippen MR) is 111 cm³/mol. The molecule has 0 saturated carbocycles. The number of benzene rings is 2. The topological polar surface area (TPSA) is 74.2 Å². The number of hydrogen-bond acceptors (Lipinski definition) is 6. The number of carbonyl (C=O) groups is 1. The van der Waals surface area contributed by atoms with E-state index in [-0.39, 0.29) is 25.6 Å². The zero-order valence-corrected chi connectivity index (χ0v) is 17.2. The first-order chi connectivity index (χ1) is 14.6. The van der Waals surface area contributed by atoms with Gasteiger partial charge in [-0.3, -0.25) is 4.79 Å². The van der Waals surface area contributed by atoms with Crippen molar-refractivity contribution in [2.45, 2.75) is 12.8 Å². The third-order valence-electron chi connectivity index (χ3n) is 4.38. The summed E-state index contributed by atoms with van der Waals surface area (Å²) < 4.78 is 35.4. The molecule has 2 aromatic carbocycles. The highest BCUT2D eigenvalue weighted by Crippen LogP contribution is 2.26. The lowest BCUT2D eigenvalue weighted by molar-refractivity contribution is -0.146. The second kappa shape index (κ2) is 13.8. The maximum atomic E-state index is 14.5. The molecule has 0 radical (unpaired) electrons. The third kappa shape index (κ3) is 8.20. The van der Waals surface area contributed by atoms with Crippen molar-refractivity contribution < 1.29 is 33.2 Å². The minimum atomic E-state index is -0.577. The molecular formula is C23H29FO6. The van der Waals surface area contributed by atoms with Crippen LogP contribution in [0.3, 0.4) is 0 Å². The maximum absolute atomic E-state index is 14.5. The van der Waals surface area contributed by atoms with Crippen molar-refractivity contribution in [2.75, 3.05) is 52.9 Å². The second-order valence-electron chi connectivity index (χ2n) is 6.56. The van der Waals surface area contributed by atoms with Gasteiger partial charge >= 0.3 is 5.97 Å². The van der Waals surface area contributed by atoms with Crippen molar-refractivity contribution in [2.24, 2.45) is 0 Å². The molecule has 0 heterocycles. The van der Waals surface area contributed by atoms with Gasteiger partial charge in [0, 0.05) is 5.56 Å². The van der Waals surface area contributed by atoms with Crippen molar-refractivity contribution in [1.82, 2.24) is 0 Å². The van der Waals surface area contributed by atoms with Crippen molar-refractivity contribution in [1.29, 1.82) is 0 Å². The summed E-state index contributed by atoms with van der Waals surface area (Å²) in [5.41, 5.74) is 1.85. The summed E-state index contributed by atoms with van der Waals surface area (Å²) in [4.78, 5) is 12.2. The number of carbonyl (C=O) groups excluding carboxylic acids is 1. The van der Waals surface area contributed by atoms with E-state index >= 15 is 0 Å². The van der Waals surface area contributed by atoms with E-state index < -0.39 is 11.9 Å². The van der Waals surface area contributed by atoms with Gasteiger partial charge in [-0.25, -0.2) is 4.39 Å². The highest BCUT2D eigenvalue weighted by Gasteiger charge is 2.18. The highest BCUT2D eigenvalue weighted by molar-refractivity contribution is 5.78. The van der Waals surface area contributed by atoms with Gasteiger partial charge in [0.1, 0.15) is 12.4 Å². The molecule has 0 saturated heterocycles. The van der Waals surface area contributed by atoms with Crippen molar-refractivity contribution >= 4 is 5.97 Å². The van der Waals surface area contributed by atoms with Crippen LogP contribution in [0.2, 0.25) is 0 Å². The summed E-state index contributed by atoms with van der Waals surface area (Å²) in [6, 6.07) is 14.1. The predicted octanol–water partition coefficient (Wildman–Crippen LogP) is 3.18. The van der Waals surface area contributed by atoms with Crippen LogP contribution in [0.15, 0.2) is 48.5 Å². The van der Waals surface area contributed by atoms with Crippen molar-refractivity contribution in [3.05, 3.63) is 59.9 Å². The Labute approximate surface area is 176 Å². The van der Waals surface area contributed by atoms with Crippen LogP contribution in [0.4, 0.5) is 4.39 Å². The lowest BCUT2D eigenvalue weighted by Crippen LogP contribution is -2.17. The molecule has 1 unspecified atom stereocenters. The summed E-state index contributed by atoms with van der Waals surface area (Å²) >= 11 is 0. The van der Waals surface area contributed by atoms with E-state index in [4.69, 9.17) is 24.1 Å². The van der Waals surface area contributed by atoms with Gasteiger partial charge in [-0.1, -0.05) is 42.5 Å². The van der Waals surface area contributed by atoms with Crippen LogP contribution in [-0.4, -0.2) is 63.9 Å². The van der Waals surface area contributed by atoms with Gasteiger partial charge in [-0.05, 0) is 24.1 Å². The molecule has 0 amide bonds. The number of aliphatic hydroxyl groups is 1.